The molecule has 0 bridgehead atoms. The van der Waals surface area contributed by atoms with Crippen LogP contribution in [0.5, 0.6) is 0 Å². The summed E-state index contributed by atoms with van der Waals surface area (Å²) in [6.07, 6.45) is 3.42. The Balaban J connectivity index is 1.85. The van der Waals surface area contributed by atoms with Crippen molar-refractivity contribution in [3.63, 3.8) is 0 Å². The number of aromatic nitrogens is 2. The number of rotatable bonds is 5. The Kier molecular flexibility index (Phi) is 4.99. The number of anilines is 1. The Hall–Kier alpha value is -2.05. The van der Waals surface area contributed by atoms with Crippen LogP contribution in [0.1, 0.15) is 24.7 Å². The van der Waals surface area contributed by atoms with Crippen molar-refractivity contribution < 1.29 is 25.7 Å². The summed E-state index contributed by atoms with van der Waals surface area (Å²) < 4.78 is 70.7. The molecule has 1 aliphatic heterocycles. The predicted octanol–water partition coefficient (Wildman–Crippen LogP) is 1.15. The highest BCUT2D eigenvalue weighted by atomic mass is 32.2. The van der Waals surface area contributed by atoms with Gasteiger partial charge in [-0.2, -0.15) is 9.29 Å². The summed E-state index contributed by atoms with van der Waals surface area (Å²) in [7, 11) is -7.68. The van der Waals surface area contributed by atoms with E-state index in [0.29, 0.717) is 18.7 Å². The number of halogens is 1. The summed E-state index contributed by atoms with van der Waals surface area (Å²) in [5, 5.41) is 3.53. The monoisotopic (exact) mass is 404 g/mol. The molecule has 0 saturated carbocycles. The molecule has 1 atom stereocenters. The van der Waals surface area contributed by atoms with Crippen LogP contribution in [0.15, 0.2) is 33.9 Å². The minimum atomic E-state index is -4.09. The van der Waals surface area contributed by atoms with Crippen molar-refractivity contribution in [2.75, 3.05) is 24.1 Å². The van der Waals surface area contributed by atoms with Gasteiger partial charge in [0.1, 0.15) is 10.7 Å². The van der Waals surface area contributed by atoms with Crippen molar-refractivity contribution in [1.29, 1.82) is 0 Å². The van der Waals surface area contributed by atoms with Gasteiger partial charge in [-0.15, -0.1) is 0 Å². The zero-order chi connectivity index (χ0) is 18.9. The summed E-state index contributed by atoms with van der Waals surface area (Å²) in [5.41, 5.74) is -0.0497. The van der Waals surface area contributed by atoms with Crippen LogP contribution in [0.3, 0.4) is 0 Å². The summed E-state index contributed by atoms with van der Waals surface area (Å²) in [4.78, 5) is 3.44. The number of hydrogen-bond acceptors (Lipinski definition) is 7. The molecule has 3 rings (SSSR count). The predicted molar refractivity (Wildman–Crippen MR) is 89.9 cm³/mol. The lowest BCUT2D eigenvalue weighted by molar-refractivity contribution is 0.265. The van der Waals surface area contributed by atoms with E-state index in [2.05, 4.69) is 14.9 Å². The molecule has 0 aliphatic carbocycles. The number of hydrogen-bond donors (Lipinski definition) is 1. The van der Waals surface area contributed by atoms with Gasteiger partial charge in [-0.05, 0) is 31.0 Å². The molecule has 26 heavy (non-hydrogen) atoms. The van der Waals surface area contributed by atoms with E-state index in [1.54, 1.807) is 0 Å². The fourth-order valence-electron chi connectivity index (χ4n) is 2.85. The summed E-state index contributed by atoms with van der Waals surface area (Å²) >= 11 is 0. The van der Waals surface area contributed by atoms with E-state index in [9.17, 15) is 21.2 Å². The Bertz CT molecular complexity index is 992. The third-order valence-corrected chi connectivity index (χ3v) is 6.47. The van der Waals surface area contributed by atoms with E-state index in [4.69, 9.17) is 4.52 Å². The molecule has 0 spiro atoms. The van der Waals surface area contributed by atoms with Crippen LogP contribution in [0.2, 0.25) is 0 Å². The van der Waals surface area contributed by atoms with E-state index in [1.807, 2.05) is 0 Å². The average Bonchev–Trinajstić information content (AvgIpc) is 3.07. The van der Waals surface area contributed by atoms with Crippen LogP contribution in [-0.4, -0.2) is 50.6 Å². The standard InChI is InChI=1S/C14H17FN4O5S2/c1-25(20,21)18-11-4-5-13(12(15)7-11)26(22,23)19-6-2-3-10(8-19)14-16-9-17-24-14/h4-5,7,9-10,18H,2-3,6,8H2,1H3. The number of nitrogens with zero attached hydrogens (tertiary/aromatic N) is 3. The van der Waals surface area contributed by atoms with Crippen molar-refractivity contribution in [3.8, 4) is 0 Å². The lowest BCUT2D eigenvalue weighted by Gasteiger charge is -2.30. The molecule has 9 nitrogen and oxygen atoms in total. The first-order valence-corrected chi connectivity index (χ1v) is 11.0. The maximum Gasteiger partial charge on any atom is 0.246 e. The molecule has 0 amide bonds. The summed E-state index contributed by atoms with van der Waals surface area (Å²) in [6, 6.07) is 3.10. The maximum atomic E-state index is 14.4. The lowest BCUT2D eigenvalue weighted by Crippen LogP contribution is -2.39. The molecule has 1 aromatic carbocycles. The zero-order valence-electron chi connectivity index (χ0n) is 13.8. The first-order valence-electron chi connectivity index (χ1n) is 7.71. The Labute approximate surface area is 150 Å². The molecule has 2 aromatic rings. The number of piperidine rings is 1. The normalized spacial score (nSPS) is 19.4. The SMILES string of the molecule is CS(=O)(=O)Nc1ccc(S(=O)(=O)N2CCCC(c3ncno3)C2)c(F)c1. The quantitative estimate of drug-likeness (QED) is 0.793. The third-order valence-electron chi connectivity index (χ3n) is 3.96. The number of sulfonamides is 2. The molecule has 0 radical (unpaired) electrons. The minimum absolute atomic E-state index is 0.0497. The molecule has 12 heteroatoms. The van der Waals surface area contributed by atoms with E-state index >= 15 is 0 Å². The maximum absolute atomic E-state index is 14.4. The highest BCUT2D eigenvalue weighted by Crippen LogP contribution is 2.30. The first kappa shape index (κ1) is 18.7. The van der Waals surface area contributed by atoms with Crippen molar-refractivity contribution in [1.82, 2.24) is 14.4 Å². The van der Waals surface area contributed by atoms with E-state index in [1.165, 1.54) is 16.7 Å². The number of benzene rings is 1. The van der Waals surface area contributed by atoms with Gasteiger partial charge in [0.15, 0.2) is 6.33 Å². The molecular formula is C14H17FN4O5S2. The molecule has 1 aliphatic rings. The molecule has 1 aromatic heterocycles. The van der Waals surface area contributed by atoms with E-state index < -0.39 is 30.8 Å². The van der Waals surface area contributed by atoms with Crippen molar-refractivity contribution in [2.45, 2.75) is 23.7 Å². The summed E-state index contributed by atoms with van der Waals surface area (Å²) in [6.45, 7) is 0.350. The van der Waals surface area contributed by atoms with Gasteiger partial charge in [-0.3, -0.25) is 4.72 Å². The fourth-order valence-corrected chi connectivity index (χ4v) is 4.97. The highest BCUT2D eigenvalue weighted by molar-refractivity contribution is 7.92. The van der Waals surface area contributed by atoms with Crippen LogP contribution in [0, 0.1) is 5.82 Å². The van der Waals surface area contributed by atoms with E-state index in [0.717, 1.165) is 18.4 Å². The van der Waals surface area contributed by atoms with Crippen LogP contribution in [-0.2, 0) is 20.0 Å². The van der Waals surface area contributed by atoms with Gasteiger partial charge in [0, 0.05) is 13.1 Å². The Morgan fingerprint density at radius 3 is 2.69 bits per heavy atom. The van der Waals surface area contributed by atoms with Gasteiger partial charge in [0.05, 0.1) is 17.9 Å². The van der Waals surface area contributed by atoms with Crippen LogP contribution in [0.25, 0.3) is 0 Å². The van der Waals surface area contributed by atoms with Crippen molar-refractivity contribution in [2.24, 2.45) is 0 Å². The van der Waals surface area contributed by atoms with Gasteiger partial charge in [0.25, 0.3) is 0 Å². The second kappa shape index (κ2) is 6.93. The second-order valence-electron chi connectivity index (χ2n) is 6.00. The molecule has 1 unspecified atom stereocenters. The van der Waals surface area contributed by atoms with Gasteiger partial charge >= 0.3 is 0 Å². The Morgan fingerprint density at radius 1 is 1.31 bits per heavy atom. The molecule has 1 saturated heterocycles. The van der Waals surface area contributed by atoms with E-state index in [-0.39, 0.29) is 24.7 Å². The molecule has 1 N–H and O–H groups in total. The highest BCUT2D eigenvalue weighted by Gasteiger charge is 2.34. The van der Waals surface area contributed by atoms with Crippen LogP contribution < -0.4 is 4.72 Å². The second-order valence-corrected chi connectivity index (χ2v) is 9.66. The van der Waals surface area contributed by atoms with Gasteiger partial charge in [-0.1, -0.05) is 5.16 Å². The topological polar surface area (TPSA) is 122 Å². The van der Waals surface area contributed by atoms with Crippen LogP contribution in [0.4, 0.5) is 10.1 Å². The first-order chi connectivity index (χ1) is 12.2. The average molecular weight is 404 g/mol. The van der Waals surface area contributed by atoms with Crippen molar-refractivity contribution >= 4 is 25.7 Å². The fraction of sp³-hybridized carbons (Fsp3) is 0.429. The van der Waals surface area contributed by atoms with Gasteiger partial charge < -0.3 is 4.52 Å². The lowest BCUT2D eigenvalue weighted by atomic mass is 10.00. The van der Waals surface area contributed by atoms with Crippen molar-refractivity contribution in [3.05, 3.63) is 36.2 Å². The molecule has 1 fully saturated rings. The summed E-state index contributed by atoms with van der Waals surface area (Å²) in [5.74, 6) is -0.938. The van der Waals surface area contributed by atoms with Gasteiger partial charge in [0.2, 0.25) is 25.9 Å². The largest absolute Gasteiger partial charge is 0.339 e. The van der Waals surface area contributed by atoms with Crippen LogP contribution >= 0.6 is 0 Å². The zero-order valence-corrected chi connectivity index (χ0v) is 15.4. The Morgan fingerprint density at radius 2 is 2.08 bits per heavy atom. The third kappa shape index (κ3) is 4.02. The molecule has 142 valence electrons. The smallest absolute Gasteiger partial charge is 0.246 e. The molecule has 2 heterocycles. The number of nitrogens with one attached hydrogen (secondary N) is 1. The molecular weight excluding hydrogens is 387 g/mol. The minimum Gasteiger partial charge on any atom is -0.339 e. The van der Waals surface area contributed by atoms with Gasteiger partial charge in [-0.25, -0.2) is 21.2 Å².